The minimum absolute atomic E-state index is 0.0385. The molecule has 0 heterocycles. The number of hydrogen-bond donors (Lipinski definition) is 0. The van der Waals surface area contributed by atoms with Crippen molar-refractivity contribution >= 4 is 202 Å². The molecule has 10 nitrogen and oxygen atoms in total. The lowest BCUT2D eigenvalue weighted by Crippen LogP contribution is -2.24. The van der Waals surface area contributed by atoms with Crippen LogP contribution in [0.15, 0.2) is 182 Å². The molecule has 0 spiro atoms. The van der Waals surface area contributed by atoms with Crippen molar-refractivity contribution < 1.29 is 45.2 Å². The van der Waals surface area contributed by atoms with Gasteiger partial charge in [-0.1, -0.05) is 411 Å². The van der Waals surface area contributed by atoms with E-state index in [1.54, 1.807) is 0 Å². The maximum absolute atomic E-state index is 6.21. The van der Waals surface area contributed by atoms with Crippen LogP contribution >= 0.6 is 190 Å². The van der Waals surface area contributed by atoms with Crippen molar-refractivity contribution in [3.63, 3.8) is 0 Å². The first-order chi connectivity index (χ1) is 61.2. The van der Waals surface area contributed by atoms with Crippen molar-refractivity contribution in [3.8, 4) is 71.0 Å². The van der Waals surface area contributed by atoms with Crippen molar-refractivity contribution in [3.05, 3.63) is 204 Å². The van der Waals surface area contributed by atoms with Crippen molar-refractivity contribution in [1.29, 1.82) is 0 Å². The molecule has 0 amide bonds. The average molecular weight is 2130 g/mol. The zero-order valence-electron chi connectivity index (χ0n) is 77.5. The van der Waals surface area contributed by atoms with E-state index < -0.39 is 30.1 Å². The number of allylic oxidation sites excluding steroid dienone is 14. The zero-order valence-corrected chi connectivity index (χ0v) is 101. The van der Waals surface area contributed by atoms with Crippen LogP contribution in [0.3, 0.4) is 0 Å². The molecule has 0 aromatic heterocycles. The minimum atomic E-state index is -0.637. The van der Waals surface area contributed by atoms with Gasteiger partial charge in [0.15, 0.2) is 0 Å². The summed E-state index contributed by atoms with van der Waals surface area (Å²) in [6, 6.07) is 16.9. The van der Waals surface area contributed by atoms with E-state index in [0.717, 1.165) is 89.9 Å². The fourth-order valence-electron chi connectivity index (χ4n) is 10.3. The van der Waals surface area contributed by atoms with Crippen molar-refractivity contribution in [1.82, 2.24) is 0 Å². The molecule has 0 aliphatic rings. The van der Waals surface area contributed by atoms with Gasteiger partial charge in [0.1, 0.15) is 12.2 Å². The largest absolute Gasteiger partial charge is 0.359 e. The van der Waals surface area contributed by atoms with Crippen molar-refractivity contribution in [2.75, 3.05) is 0 Å². The first-order valence-corrected chi connectivity index (χ1v) is 73.0. The highest BCUT2D eigenvalue weighted by molar-refractivity contribution is 8.42. The summed E-state index contributed by atoms with van der Waals surface area (Å²) in [6.45, 7) is 29.5. The van der Waals surface area contributed by atoms with Gasteiger partial charge in [0.05, 0.1) is 78.9 Å². The number of hydrogen-bond acceptors (Lipinski definition) is 10. The maximum Gasteiger partial charge on any atom is 0.107 e. The number of benzene rings is 2. The Morgan fingerprint density at radius 2 is 0.635 bits per heavy atom. The summed E-state index contributed by atoms with van der Waals surface area (Å²) in [6.07, 6.45) is 68.2. The van der Waals surface area contributed by atoms with Gasteiger partial charge in [-0.15, -0.1) is 47.4 Å². The Balaban J connectivity index is -0.000000776. The summed E-state index contributed by atoms with van der Waals surface area (Å²) in [5, 5.41) is 0. The lowest BCUT2D eigenvalue weighted by Gasteiger charge is -2.22. The average Bonchev–Trinajstić information content (AvgIpc) is 0.849. The third kappa shape index (κ3) is 80.7. The third-order valence-electron chi connectivity index (χ3n) is 16.4. The van der Waals surface area contributed by atoms with Crippen LogP contribution in [-0.4, -0.2) is 48.8 Å². The van der Waals surface area contributed by atoms with Crippen LogP contribution in [0.4, 0.5) is 0 Å². The molecular formula is C94H158O10P22. The molecule has 2 aromatic rings. The SMILES string of the molecule is CC.CC.CCC#CCC(/C=C/C#C/C=C/C=C/C(OPP)C(C/C=C\CCC)OP)OP(P)P.CCC#CCC(C=CC#CC=CC=CC(OPP)C(CC=CCCC)OP)OP(P)P.CCC#CCC(OP(P)P)c1ccccc1/C=C/C(OPP)C(C)C/C=C\CCC.CCC#CCC(OP(P)P)c1ccccc1C=CC(OPP)C(C)CC=CCCC. The molecular weight excluding hydrogens is 1970 g/mol. The maximum atomic E-state index is 6.21. The second-order valence-electron chi connectivity index (χ2n) is 26.4. The van der Waals surface area contributed by atoms with Gasteiger partial charge in [0.25, 0.3) is 0 Å². The van der Waals surface area contributed by atoms with E-state index in [2.05, 4.69) is 374 Å². The molecule has 0 aliphatic heterocycles. The second-order valence-corrected chi connectivity index (χ2v) is 54.8. The number of rotatable bonds is 54. The minimum Gasteiger partial charge on any atom is -0.359 e. The van der Waals surface area contributed by atoms with E-state index >= 15 is 0 Å². The highest BCUT2D eigenvalue weighted by Gasteiger charge is 2.22. The molecule has 0 saturated heterocycles. The first kappa shape index (κ1) is 134. The summed E-state index contributed by atoms with van der Waals surface area (Å²) in [5.41, 5.74) is 4.70. The Hall–Kier alpha value is 1.74. The Labute approximate surface area is 814 Å². The van der Waals surface area contributed by atoms with E-state index in [1.165, 1.54) is 35.1 Å². The summed E-state index contributed by atoms with van der Waals surface area (Å²) in [7, 11) is 35.9. The Kier molecular flexibility index (Phi) is 109. The topological polar surface area (TPSA) is 92.3 Å². The lowest BCUT2D eigenvalue weighted by atomic mass is 9.96. The fourth-order valence-corrected chi connectivity index (χ4v) is 20.0. The third-order valence-corrected chi connectivity index (χ3v) is 25.3. The van der Waals surface area contributed by atoms with Gasteiger partial charge in [-0.25, -0.2) is 0 Å². The van der Waals surface area contributed by atoms with E-state index in [0.29, 0.717) is 71.5 Å². The standard InChI is InChI=1S/2C23H37O2P5.2C22H36O3P6.2C2H6/c2*1-4-6-8-10-13-19(3)22(24-29-26)18-17-20-14-11-12-15-21(20)23(25-30(27)28)16-9-7-5-2;2*1-3-5-7-14-18-21(23-26)22(24-30-27)19-15-11-9-8-10-13-17-20(25-31(28)29)16-12-6-4-2;2*1-2/h2*8,10-12,14-15,17-19,22-23,29H,4-6,13,16,26-28H2,1-3H3;2*7,9,11,13-15,17,19-22,30H,3-5,16,18,26-29H2,1-2H3;2*1-2H3/b10-8-,18-17+;;11-9+,14-7-,17-13+,19-15+;;;. The van der Waals surface area contributed by atoms with Gasteiger partial charge in [-0.3, -0.25) is 0 Å². The molecule has 32 heteroatoms. The Bertz CT molecular complexity index is 3500. The van der Waals surface area contributed by atoms with Crippen molar-refractivity contribution in [2.45, 2.75) is 286 Å². The summed E-state index contributed by atoms with van der Waals surface area (Å²) in [5.74, 6) is 38.1. The van der Waals surface area contributed by atoms with Gasteiger partial charge >= 0.3 is 0 Å². The monoisotopic (exact) mass is 2130 g/mol. The zero-order chi connectivity index (χ0) is 94.7. The van der Waals surface area contributed by atoms with E-state index in [4.69, 9.17) is 45.2 Å². The summed E-state index contributed by atoms with van der Waals surface area (Å²) >= 11 is 0. The predicted molar refractivity (Wildman–Crippen MR) is 631 cm³/mol. The van der Waals surface area contributed by atoms with E-state index in [9.17, 15) is 0 Å². The van der Waals surface area contributed by atoms with Crippen LogP contribution in [0, 0.1) is 82.9 Å². The van der Waals surface area contributed by atoms with E-state index in [1.807, 2.05) is 114 Å². The molecule has 0 N–H and O–H groups in total. The van der Waals surface area contributed by atoms with Gasteiger partial charge in [-0.05, 0) is 122 Å². The van der Waals surface area contributed by atoms with Gasteiger partial charge in [-0.2, -0.15) is 0 Å². The molecule has 126 heavy (non-hydrogen) atoms. The molecule has 0 fully saturated rings. The molecule has 0 bridgehead atoms. The molecule has 2 rings (SSSR count). The molecule has 30 unspecified atom stereocenters. The first-order valence-electron chi connectivity index (χ1n) is 43.2. The van der Waals surface area contributed by atoms with Gasteiger partial charge in [0.2, 0.25) is 0 Å². The summed E-state index contributed by atoms with van der Waals surface area (Å²) < 4.78 is 58.9. The highest BCUT2D eigenvalue weighted by Crippen LogP contribution is 2.59. The molecule has 0 radical (unpaired) electrons. The quantitative estimate of drug-likeness (QED) is 0.0276. The Morgan fingerprint density at radius 3 is 0.929 bits per heavy atom. The predicted octanol–water partition coefficient (Wildman–Crippen LogP) is 34.5. The van der Waals surface area contributed by atoms with Crippen LogP contribution < -0.4 is 0 Å². The lowest BCUT2D eigenvalue weighted by molar-refractivity contribution is 0.116. The van der Waals surface area contributed by atoms with Crippen molar-refractivity contribution in [2.24, 2.45) is 11.8 Å². The van der Waals surface area contributed by atoms with Crippen LogP contribution in [-0.2, 0) is 45.2 Å². The van der Waals surface area contributed by atoms with Crippen LogP contribution in [0.5, 0.6) is 0 Å². The molecule has 704 valence electrons. The smallest absolute Gasteiger partial charge is 0.107 e. The van der Waals surface area contributed by atoms with Crippen LogP contribution in [0.25, 0.3) is 12.2 Å². The van der Waals surface area contributed by atoms with Gasteiger partial charge < -0.3 is 45.2 Å². The molecule has 0 saturated carbocycles. The molecule has 2 aromatic carbocycles. The fraction of sp³-hybridized carbons (Fsp3) is 0.489. The summed E-state index contributed by atoms with van der Waals surface area (Å²) in [4.78, 5) is 0. The second kappa shape index (κ2) is 103. The molecule has 0 aliphatic carbocycles. The normalized spacial score (nSPS) is 14.8. The van der Waals surface area contributed by atoms with Crippen LogP contribution in [0.2, 0.25) is 0 Å². The van der Waals surface area contributed by atoms with E-state index in [-0.39, 0.29) is 61.0 Å². The Morgan fingerprint density at radius 1 is 0.341 bits per heavy atom. The van der Waals surface area contributed by atoms with Gasteiger partial charge in [0, 0.05) is 104 Å². The molecule has 30 atom stereocenters. The highest BCUT2D eigenvalue weighted by atomic mass is 32.4. The number of unbranched alkanes of at least 4 members (excludes halogenated alkanes) is 4. The van der Waals surface area contributed by atoms with Crippen LogP contribution in [0.1, 0.15) is 260 Å².